The van der Waals surface area contributed by atoms with Crippen molar-refractivity contribution >= 4 is 37.5 Å². The maximum absolute atomic E-state index is 13.0. The van der Waals surface area contributed by atoms with E-state index < -0.39 is 16.1 Å². The van der Waals surface area contributed by atoms with E-state index in [1.165, 1.54) is 17.4 Å². The van der Waals surface area contributed by atoms with Crippen molar-refractivity contribution in [1.29, 1.82) is 0 Å². The quantitative estimate of drug-likeness (QED) is 0.596. The SMILES string of the molecule is Cc1nc2ccc(S(=O)(=O)N[C@H](C(=O)N[C@@H](C)c3ccccc3)C(C)C)cc2s1. The Labute approximate surface area is 175 Å². The summed E-state index contributed by atoms with van der Waals surface area (Å²) >= 11 is 1.44. The van der Waals surface area contributed by atoms with E-state index in [1.807, 2.05) is 58.0 Å². The van der Waals surface area contributed by atoms with Crippen LogP contribution in [-0.2, 0) is 14.8 Å². The molecule has 0 unspecified atom stereocenters. The molecule has 0 saturated carbocycles. The zero-order valence-electron chi connectivity index (χ0n) is 16.8. The summed E-state index contributed by atoms with van der Waals surface area (Å²) in [6, 6.07) is 13.2. The molecule has 0 spiro atoms. The fraction of sp³-hybridized carbons (Fsp3) is 0.333. The number of benzene rings is 2. The number of amides is 1. The summed E-state index contributed by atoms with van der Waals surface area (Å²) in [5.74, 6) is -0.572. The van der Waals surface area contributed by atoms with E-state index in [0.717, 1.165) is 20.8 Å². The predicted molar refractivity (Wildman–Crippen MR) is 116 cm³/mol. The third-order valence-corrected chi connectivity index (χ3v) is 7.04. The molecule has 2 aromatic carbocycles. The van der Waals surface area contributed by atoms with Crippen molar-refractivity contribution in [3.63, 3.8) is 0 Å². The monoisotopic (exact) mass is 431 g/mol. The van der Waals surface area contributed by atoms with Crippen molar-refractivity contribution in [2.24, 2.45) is 5.92 Å². The van der Waals surface area contributed by atoms with Crippen LogP contribution < -0.4 is 10.0 Å². The highest BCUT2D eigenvalue weighted by atomic mass is 32.2. The minimum Gasteiger partial charge on any atom is -0.348 e. The van der Waals surface area contributed by atoms with Gasteiger partial charge in [-0.25, -0.2) is 13.4 Å². The van der Waals surface area contributed by atoms with E-state index in [2.05, 4.69) is 15.0 Å². The van der Waals surface area contributed by atoms with Gasteiger partial charge in [-0.15, -0.1) is 11.3 Å². The van der Waals surface area contributed by atoms with Crippen LogP contribution in [0.15, 0.2) is 53.4 Å². The summed E-state index contributed by atoms with van der Waals surface area (Å²) in [6.45, 7) is 7.38. The van der Waals surface area contributed by atoms with E-state index in [1.54, 1.807) is 12.1 Å². The summed E-state index contributed by atoms with van der Waals surface area (Å²) in [5.41, 5.74) is 1.72. The first kappa shape index (κ1) is 21.4. The molecule has 29 heavy (non-hydrogen) atoms. The number of fused-ring (bicyclic) bond motifs is 1. The number of rotatable bonds is 7. The van der Waals surface area contributed by atoms with Crippen LogP contribution >= 0.6 is 11.3 Å². The molecule has 0 bridgehead atoms. The number of nitrogens with one attached hydrogen (secondary N) is 2. The second-order valence-electron chi connectivity index (χ2n) is 7.35. The van der Waals surface area contributed by atoms with Gasteiger partial charge in [0.15, 0.2) is 0 Å². The van der Waals surface area contributed by atoms with Gasteiger partial charge in [-0.3, -0.25) is 4.79 Å². The summed E-state index contributed by atoms with van der Waals surface area (Å²) < 4.78 is 29.3. The Hall–Kier alpha value is -2.29. The van der Waals surface area contributed by atoms with Gasteiger partial charge in [0.1, 0.15) is 6.04 Å². The third-order valence-electron chi connectivity index (χ3n) is 4.67. The van der Waals surface area contributed by atoms with Gasteiger partial charge in [0.2, 0.25) is 15.9 Å². The van der Waals surface area contributed by atoms with Crippen LogP contribution in [0.1, 0.15) is 37.4 Å². The van der Waals surface area contributed by atoms with Gasteiger partial charge in [0.05, 0.1) is 26.2 Å². The number of thiazole rings is 1. The molecule has 2 N–H and O–H groups in total. The van der Waals surface area contributed by atoms with E-state index in [-0.39, 0.29) is 22.8 Å². The fourth-order valence-corrected chi connectivity index (χ4v) is 5.35. The molecule has 6 nitrogen and oxygen atoms in total. The maximum Gasteiger partial charge on any atom is 0.241 e. The first-order chi connectivity index (χ1) is 13.7. The zero-order valence-corrected chi connectivity index (χ0v) is 18.5. The minimum atomic E-state index is -3.86. The largest absolute Gasteiger partial charge is 0.348 e. The van der Waals surface area contributed by atoms with E-state index in [9.17, 15) is 13.2 Å². The molecule has 0 saturated heterocycles. The number of carbonyl (C=O) groups excluding carboxylic acids is 1. The first-order valence-electron chi connectivity index (χ1n) is 9.42. The Morgan fingerprint density at radius 1 is 1.07 bits per heavy atom. The lowest BCUT2D eigenvalue weighted by atomic mass is 10.0. The second-order valence-corrected chi connectivity index (χ2v) is 10.3. The topological polar surface area (TPSA) is 88.2 Å². The average molecular weight is 432 g/mol. The van der Waals surface area contributed by atoms with Crippen molar-refractivity contribution in [1.82, 2.24) is 15.0 Å². The van der Waals surface area contributed by atoms with Gasteiger partial charge >= 0.3 is 0 Å². The van der Waals surface area contributed by atoms with Crippen LogP contribution in [0, 0.1) is 12.8 Å². The molecule has 3 aromatic rings. The molecule has 0 radical (unpaired) electrons. The minimum absolute atomic E-state index is 0.128. The molecule has 8 heteroatoms. The lowest BCUT2D eigenvalue weighted by Gasteiger charge is -2.24. The number of hydrogen-bond acceptors (Lipinski definition) is 5. The number of hydrogen-bond donors (Lipinski definition) is 2. The van der Waals surface area contributed by atoms with Gasteiger partial charge in [-0.2, -0.15) is 4.72 Å². The van der Waals surface area contributed by atoms with Crippen LogP contribution in [-0.4, -0.2) is 25.4 Å². The molecule has 1 aromatic heterocycles. The summed E-state index contributed by atoms with van der Waals surface area (Å²) in [6.07, 6.45) is 0. The Kier molecular flexibility index (Phi) is 6.36. The lowest BCUT2D eigenvalue weighted by Crippen LogP contribution is -2.50. The van der Waals surface area contributed by atoms with E-state index in [0.29, 0.717) is 0 Å². The number of carbonyl (C=O) groups is 1. The van der Waals surface area contributed by atoms with Crippen LogP contribution in [0.4, 0.5) is 0 Å². The highest BCUT2D eigenvalue weighted by Gasteiger charge is 2.29. The summed E-state index contributed by atoms with van der Waals surface area (Å²) in [5, 5.41) is 3.78. The summed E-state index contributed by atoms with van der Waals surface area (Å²) in [4.78, 5) is 17.3. The van der Waals surface area contributed by atoms with Crippen molar-refractivity contribution < 1.29 is 13.2 Å². The molecule has 0 aliphatic carbocycles. The molecule has 0 aliphatic rings. The molecule has 3 rings (SSSR count). The molecule has 1 amide bonds. The number of aryl methyl sites for hydroxylation is 1. The van der Waals surface area contributed by atoms with Crippen LogP contribution in [0.2, 0.25) is 0 Å². The average Bonchev–Trinajstić information content (AvgIpc) is 3.05. The van der Waals surface area contributed by atoms with Crippen molar-refractivity contribution in [2.45, 2.75) is 44.7 Å². The third kappa shape index (κ3) is 5.01. The normalized spacial score (nSPS) is 14.1. The molecule has 0 fully saturated rings. The zero-order chi connectivity index (χ0) is 21.2. The Morgan fingerprint density at radius 2 is 1.76 bits per heavy atom. The number of sulfonamides is 1. The Morgan fingerprint density at radius 3 is 2.41 bits per heavy atom. The van der Waals surface area contributed by atoms with Crippen LogP contribution in [0.25, 0.3) is 10.2 Å². The lowest BCUT2D eigenvalue weighted by molar-refractivity contribution is -0.124. The van der Waals surface area contributed by atoms with Gasteiger partial charge in [0, 0.05) is 0 Å². The smallest absolute Gasteiger partial charge is 0.241 e. The molecule has 0 aliphatic heterocycles. The van der Waals surface area contributed by atoms with Crippen molar-refractivity contribution in [3.05, 3.63) is 59.1 Å². The molecule has 1 heterocycles. The van der Waals surface area contributed by atoms with Crippen LogP contribution in [0.3, 0.4) is 0 Å². The van der Waals surface area contributed by atoms with Gasteiger partial charge < -0.3 is 5.32 Å². The Balaban J connectivity index is 1.80. The second kappa shape index (κ2) is 8.61. The van der Waals surface area contributed by atoms with Crippen LogP contribution in [0.5, 0.6) is 0 Å². The highest BCUT2D eigenvalue weighted by molar-refractivity contribution is 7.89. The van der Waals surface area contributed by atoms with Gasteiger partial charge in [-0.05, 0) is 43.5 Å². The van der Waals surface area contributed by atoms with Crippen molar-refractivity contribution in [3.8, 4) is 0 Å². The predicted octanol–water partition coefficient (Wildman–Crippen LogP) is 3.79. The van der Waals surface area contributed by atoms with Gasteiger partial charge in [0.25, 0.3) is 0 Å². The molecular weight excluding hydrogens is 406 g/mol. The highest BCUT2D eigenvalue weighted by Crippen LogP contribution is 2.25. The first-order valence-corrected chi connectivity index (χ1v) is 11.7. The Bertz CT molecular complexity index is 1110. The molecule has 2 atom stereocenters. The van der Waals surface area contributed by atoms with Crippen molar-refractivity contribution in [2.75, 3.05) is 0 Å². The maximum atomic E-state index is 13.0. The van der Waals surface area contributed by atoms with Gasteiger partial charge in [-0.1, -0.05) is 44.2 Å². The molecule has 154 valence electrons. The number of aromatic nitrogens is 1. The fourth-order valence-electron chi connectivity index (χ4n) is 3.04. The standard InChI is InChI=1S/C21H25N3O3S2/c1-13(2)20(21(25)22-14(3)16-8-6-5-7-9-16)24-29(26,27)17-10-11-18-19(12-17)28-15(4)23-18/h5-14,20,24H,1-4H3,(H,22,25)/t14-,20-/m0/s1. The summed E-state index contributed by atoms with van der Waals surface area (Å²) in [7, 11) is -3.86. The van der Waals surface area contributed by atoms with E-state index in [4.69, 9.17) is 0 Å². The molecular formula is C21H25N3O3S2. The number of nitrogens with zero attached hydrogens (tertiary/aromatic N) is 1. The van der Waals surface area contributed by atoms with E-state index >= 15 is 0 Å².